The predicted molar refractivity (Wildman–Crippen MR) is 104 cm³/mol. The van der Waals surface area contributed by atoms with E-state index < -0.39 is 15.8 Å². The Bertz CT molecular complexity index is 798. The summed E-state index contributed by atoms with van der Waals surface area (Å²) in [7, 11) is -1.76. The van der Waals surface area contributed by atoms with Crippen molar-refractivity contribution in [3.05, 3.63) is 29.8 Å². The summed E-state index contributed by atoms with van der Waals surface area (Å²) in [5.74, 6) is 0.0517. The van der Waals surface area contributed by atoms with Crippen molar-refractivity contribution in [1.82, 2.24) is 4.90 Å². The van der Waals surface area contributed by atoms with Crippen LogP contribution in [0.2, 0.25) is 0 Å². The van der Waals surface area contributed by atoms with E-state index in [0.717, 1.165) is 32.1 Å². The van der Waals surface area contributed by atoms with Crippen LogP contribution in [-0.4, -0.2) is 62.5 Å². The number of esters is 1. The number of carbonyl (C=O) groups excluding carboxylic acids is 2. The van der Waals surface area contributed by atoms with Gasteiger partial charge in [0.1, 0.15) is 5.75 Å². The number of carbonyl (C=O) groups is 2. The summed E-state index contributed by atoms with van der Waals surface area (Å²) in [4.78, 5) is 26.2. The van der Waals surface area contributed by atoms with Crippen LogP contribution in [-0.2, 0) is 19.4 Å². The molecule has 1 aliphatic heterocycles. The first-order valence-corrected chi connectivity index (χ1v) is 11.5. The fraction of sp³-hybridized carbons (Fsp3) is 0.600. The normalized spacial score (nSPS) is 21.8. The number of ether oxygens (including phenoxy) is 2. The standard InChI is InChI=1S/C20H27NO6S/c1-26-20(23)15-7-9-18(10-8-15)27-13-19(22)21(16-5-3-2-4-6-16)17-11-12-28(24,25)14-17/h7-10,16-17H,2-6,11-14H2,1H3/t17-/m0/s1. The van der Waals surface area contributed by atoms with Crippen molar-refractivity contribution >= 4 is 21.7 Å². The molecule has 1 amide bonds. The lowest BCUT2D eigenvalue weighted by Crippen LogP contribution is -2.50. The van der Waals surface area contributed by atoms with Crippen LogP contribution < -0.4 is 4.74 Å². The molecule has 28 heavy (non-hydrogen) atoms. The van der Waals surface area contributed by atoms with E-state index >= 15 is 0 Å². The summed E-state index contributed by atoms with van der Waals surface area (Å²) in [6, 6.07) is 6.22. The Labute approximate surface area is 165 Å². The van der Waals surface area contributed by atoms with Crippen LogP contribution in [0.25, 0.3) is 0 Å². The minimum atomic E-state index is -3.07. The zero-order valence-corrected chi connectivity index (χ0v) is 16.9. The summed E-state index contributed by atoms with van der Waals surface area (Å²) in [5.41, 5.74) is 0.404. The summed E-state index contributed by atoms with van der Waals surface area (Å²) >= 11 is 0. The summed E-state index contributed by atoms with van der Waals surface area (Å²) in [5, 5.41) is 0. The maximum Gasteiger partial charge on any atom is 0.337 e. The highest BCUT2D eigenvalue weighted by Crippen LogP contribution is 2.28. The van der Waals surface area contributed by atoms with E-state index in [1.807, 2.05) is 0 Å². The lowest BCUT2D eigenvalue weighted by Gasteiger charge is -2.38. The van der Waals surface area contributed by atoms with E-state index in [-0.39, 0.29) is 36.1 Å². The number of methoxy groups -OCH3 is 1. The number of rotatable bonds is 6. The molecule has 1 saturated carbocycles. The monoisotopic (exact) mass is 409 g/mol. The van der Waals surface area contributed by atoms with Crippen LogP contribution in [0.1, 0.15) is 48.9 Å². The fourth-order valence-electron chi connectivity index (χ4n) is 4.08. The molecule has 0 aromatic heterocycles. The van der Waals surface area contributed by atoms with Gasteiger partial charge in [0.15, 0.2) is 16.4 Å². The van der Waals surface area contributed by atoms with Gasteiger partial charge in [-0.1, -0.05) is 19.3 Å². The van der Waals surface area contributed by atoms with Crippen LogP contribution in [0.3, 0.4) is 0 Å². The minimum Gasteiger partial charge on any atom is -0.484 e. The highest BCUT2D eigenvalue weighted by atomic mass is 32.2. The second-order valence-corrected chi connectivity index (χ2v) is 9.68. The Morgan fingerprint density at radius 2 is 1.71 bits per heavy atom. The van der Waals surface area contributed by atoms with Crippen LogP contribution in [0, 0.1) is 0 Å². The van der Waals surface area contributed by atoms with Crippen molar-refractivity contribution in [3.63, 3.8) is 0 Å². The third-order valence-electron chi connectivity index (χ3n) is 5.50. The second-order valence-electron chi connectivity index (χ2n) is 7.45. The first-order chi connectivity index (χ1) is 13.4. The average molecular weight is 410 g/mol. The Morgan fingerprint density at radius 1 is 1.04 bits per heavy atom. The van der Waals surface area contributed by atoms with Crippen molar-refractivity contribution < 1.29 is 27.5 Å². The van der Waals surface area contributed by atoms with Crippen molar-refractivity contribution in [2.75, 3.05) is 25.2 Å². The molecule has 0 unspecified atom stereocenters. The van der Waals surface area contributed by atoms with Gasteiger partial charge in [-0.3, -0.25) is 4.79 Å². The topological polar surface area (TPSA) is 90.0 Å². The van der Waals surface area contributed by atoms with Gasteiger partial charge in [-0.25, -0.2) is 13.2 Å². The third-order valence-corrected chi connectivity index (χ3v) is 7.25. The Kier molecular flexibility index (Phi) is 6.59. The van der Waals surface area contributed by atoms with Crippen LogP contribution in [0.15, 0.2) is 24.3 Å². The summed E-state index contributed by atoms with van der Waals surface area (Å²) in [6.45, 7) is -0.148. The Morgan fingerprint density at radius 3 is 2.29 bits per heavy atom. The largest absolute Gasteiger partial charge is 0.484 e. The van der Waals surface area contributed by atoms with Gasteiger partial charge in [-0.15, -0.1) is 0 Å². The number of amides is 1. The van der Waals surface area contributed by atoms with Gasteiger partial charge < -0.3 is 14.4 Å². The van der Waals surface area contributed by atoms with Gasteiger partial charge in [0.05, 0.1) is 24.2 Å². The quantitative estimate of drug-likeness (QED) is 0.669. The summed E-state index contributed by atoms with van der Waals surface area (Å²) < 4.78 is 34.2. The Balaban J connectivity index is 1.66. The lowest BCUT2D eigenvalue weighted by molar-refractivity contribution is -0.138. The molecular weight excluding hydrogens is 382 g/mol. The molecule has 1 aromatic rings. The lowest BCUT2D eigenvalue weighted by atomic mass is 9.93. The summed E-state index contributed by atoms with van der Waals surface area (Å²) in [6.07, 6.45) is 5.60. The van der Waals surface area contributed by atoms with Gasteiger partial charge in [0.25, 0.3) is 5.91 Å². The van der Waals surface area contributed by atoms with Gasteiger partial charge in [0.2, 0.25) is 0 Å². The van der Waals surface area contributed by atoms with Gasteiger partial charge in [-0.2, -0.15) is 0 Å². The predicted octanol–water partition coefficient (Wildman–Crippen LogP) is 2.20. The van der Waals surface area contributed by atoms with Gasteiger partial charge >= 0.3 is 5.97 Å². The van der Waals surface area contributed by atoms with Gasteiger partial charge in [0, 0.05) is 12.1 Å². The molecule has 1 aliphatic carbocycles. The zero-order valence-electron chi connectivity index (χ0n) is 16.1. The highest BCUT2D eigenvalue weighted by Gasteiger charge is 2.38. The number of nitrogens with zero attached hydrogens (tertiary/aromatic N) is 1. The van der Waals surface area contributed by atoms with E-state index in [0.29, 0.717) is 17.7 Å². The minimum absolute atomic E-state index is 0.0447. The molecule has 0 bridgehead atoms. The molecule has 1 aromatic carbocycles. The number of benzene rings is 1. The molecule has 7 nitrogen and oxygen atoms in total. The van der Waals surface area contributed by atoms with Crippen LogP contribution in [0.4, 0.5) is 0 Å². The smallest absolute Gasteiger partial charge is 0.337 e. The molecule has 0 radical (unpaired) electrons. The molecule has 154 valence electrons. The van der Waals surface area contributed by atoms with Crippen LogP contribution >= 0.6 is 0 Å². The SMILES string of the molecule is COC(=O)c1ccc(OCC(=O)N(C2CCCCC2)[C@H]2CCS(=O)(=O)C2)cc1. The van der Waals surface area contributed by atoms with E-state index in [1.165, 1.54) is 7.11 Å². The molecule has 2 fully saturated rings. The van der Waals surface area contributed by atoms with Gasteiger partial charge in [-0.05, 0) is 43.5 Å². The first-order valence-electron chi connectivity index (χ1n) is 9.72. The molecule has 0 N–H and O–H groups in total. The van der Waals surface area contributed by atoms with Crippen molar-refractivity contribution in [2.24, 2.45) is 0 Å². The zero-order chi connectivity index (χ0) is 20.1. The molecule has 3 rings (SSSR count). The molecule has 0 spiro atoms. The number of sulfone groups is 1. The molecule has 1 saturated heterocycles. The van der Waals surface area contributed by atoms with E-state index in [4.69, 9.17) is 4.74 Å². The molecule has 8 heteroatoms. The van der Waals surface area contributed by atoms with Crippen LogP contribution in [0.5, 0.6) is 5.75 Å². The Hall–Kier alpha value is -2.09. The maximum atomic E-state index is 13.0. The van der Waals surface area contributed by atoms with Crippen molar-refractivity contribution in [1.29, 1.82) is 0 Å². The van der Waals surface area contributed by atoms with Crippen molar-refractivity contribution in [3.8, 4) is 5.75 Å². The van der Waals surface area contributed by atoms with E-state index in [2.05, 4.69) is 4.74 Å². The van der Waals surface area contributed by atoms with E-state index in [9.17, 15) is 18.0 Å². The number of hydrogen-bond donors (Lipinski definition) is 0. The molecular formula is C20H27NO6S. The second kappa shape index (κ2) is 8.94. The molecule has 1 atom stereocenters. The molecule has 1 heterocycles. The average Bonchev–Trinajstić information content (AvgIpc) is 3.06. The van der Waals surface area contributed by atoms with E-state index in [1.54, 1.807) is 29.2 Å². The third kappa shape index (κ3) is 5.04. The fourth-order valence-corrected chi connectivity index (χ4v) is 5.80. The molecule has 2 aliphatic rings. The number of hydrogen-bond acceptors (Lipinski definition) is 6. The maximum absolute atomic E-state index is 13.0. The first kappa shape index (κ1) is 20.6. The van der Waals surface area contributed by atoms with Crippen molar-refractivity contribution in [2.45, 2.75) is 50.6 Å². The highest BCUT2D eigenvalue weighted by molar-refractivity contribution is 7.91.